The van der Waals surface area contributed by atoms with Crippen LogP contribution in [0.4, 0.5) is 10.8 Å². The molecule has 0 radical (unpaired) electrons. The molecular weight excluding hydrogens is 460 g/mol. The van der Waals surface area contributed by atoms with E-state index in [-0.39, 0.29) is 11.8 Å². The Morgan fingerprint density at radius 2 is 1.63 bits per heavy atom. The number of thiazole rings is 1. The van der Waals surface area contributed by atoms with Crippen molar-refractivity contribution in [1.29, 1.82) is 0 Å². The predicted molar refractivity (Wildman–Crippen MR) is 138 cm³/mol. The summed E-state index contributed by atoms with van der Waals surface area (Å²) in [6, 6.07) is 18.9. The zero-order valence-corrected chi connectivity index (χ0v) is 20.2. The molecular formula is C26H22N6O2S. The van der Waals surface area contributed by atoms with Crippen molar-refractivity contribution in [3.05, 3.63) is 77.3 Å². The molecule has 0 spiro atoms. The van der Waals surface area contributed by atoms with Crippen LogP contribution in [0.15, 0.2) is 66.0 Å². The molecule has 2 amide bonds. The van der Waals surface area contributed by atoms with Gasteiger partial charge in [-0.1, -0.05) is 42.5 Å². The van der Waals surface area contributed by atoms with Crippen molar-refractivity contribution in [2.75, 3.05) is 10.6 Å². The van der Waals surface area contributed by atoms with Gasteiger partial charge in [0.2, 0.25) is 5.91 Å². The minimum Gasteiger partial charge on any atom is -0.326 e. The fraction of sp³-hybridized carbons (Fsp3) is 0.115. The van der Waals surface area contributed by atoms with E-state index in [2.05, 4.69) is 20.7 Å². The van der Waals surface area contributed by atoms with Gasteiger partial charge >= 0.3 is 0 Å². The number of aryl methyl sites for hydroxylation is 2. The lowest BCUT2D eigenvalue weighted by molar-refractivity contribution is -0.114. The van der Waals surface area contributed by atoms with E-state index in [1.807, 2.05) is 73.9 Å². The highest BCUT2D eigenvalue weighted by atomic mass is 32.1. The fourth-order valence-electron chi connectivity index (χ4n) is 3.94. The first-order chi connectivity index (χ1) is 16.9. The van der Waals surface area contributed by atoms with E-state index in [9.17, 15) is 9.59 Å². The van der Waals surface area contributed by atoms with Gasteiger partial charge in [0.1, 0.15) is 0 Å². The molecule has 2 aromatic carbocycles. The predicted octanol–water partition coefficient (Wildman–Crippen LogP) is 5.28. The van der Waals surface area contributed by atoms with Crippen molar-refractivity contribution in [1.82, 2.24) is 19.7 Å². The number of hydrogen-bond acceptors (Lipinski definition) is 6. The molecule has 0 aliphatic rings. The quantitative estimate of drug-likeness (QED) is 0.355. The number of amides is 2. The number of hydrogen-bond donors (Lipinski definition) is 2. The number of fused-ring (bicyclic) bond motifs is 1. The number of rotatable bonds is 5. The van der Waals surface area contributed by atoms with Crippen LogP contribution in [-0.2, 0) is 11.8 Å². The molecule has 0 saturated heterocycles. The second-order valence-electron chi connectivity index (χ2n) is 8.08. The van der Waals surface area contributed by atoms with Crippen LogP contribution in [0.2, 0.25) is 0 Å². The molecule has 0 aliphatic carbocycles. The minimum absolute atomic E-state index is 0.124. The van der Waals surface area contributed by atoms with E-state index < -0.39 is 0 Å². The number of carbonyl (C=O) groups is 2. The normalized spacial score (nSPS) is 10.9. The smallest absolute Gasteiger partial charge is 0.258 e. The van der Waals surface area contributed by atoms with Crippen LogP contribution < -0.4 is 10.6 Å². The van der Waals surface area contributed by atoms with Crippen molar-refractivity contribution in [2.24, 2.45) is 7.05 Å². The summed E-state index contributed by atoms with van der Waals surface area (Å²) in [5.41, 5.74) is 5.83. The van der Waals surface area contributed by atoms with Crippen LogP contribution in [-0.4, -0.2) is 31.6 Å². The van der Waals surface area contributed by atoms with Crippen molar-refractivity contribution < 1.29 is 9.59 Å². The Kier molecular flexibility index (Phi) is 5.84. The van der Waals surface area contributed by atoms with Gasteiger partial charge < -0.3 is 5.32 Å². The Bertz CT molecular complexity index is 1550. The zero-order valence-electron chi connectivity index (χ0n) is 19.4. The van der Waals surface area contributed by atoms with E-state index in [1.54, 1.807) is 10.7 Å². The number of nitrogens with zero attached hydrogens (tertiary/aromatic N) is 4. The Hall–Kier alpha value is -4.37. The summed E-state index contributed by atoms with van der Waals surface area (Å²) >= 11 is 1.35. The van der Waals surface area contributed by atoms with Gasteiger partial charge in [-0.2, -0.15) is 5.10 Å². The summed E-state index contributed by atoms with van der Waals surface area (Å²) in [4.78, 5) is 34.0. The molecule has 174 valence electrons. The van der Waals surface area contributed by atoms with Crippen molar-refractivity contribution in [3.8, 4) is 22.5 Å². The third-order valence-electron chi connectivity index (χ3n) is 5.51. The Balaban J connectivity index is 1.45. The minimum atomic E-state index is -0.271. The van der Waals surface area contributed by atoms with Crippen molar-refractivity contribution in [2.45, 2.75) is 13.8 Å². The number of aromatic nitrogens is 4. The monoisotopic (exact) mass is 482 g/mol. The van der Waals surface area contributed by atoms with E-state index >= 15 is 0 Å². The van der Waals surface area contributed by atoms with E-state index in [4.69, 9.17) is 4.98 Å². The van der Waals surface area contributed by atoms with Gasteiger partial charge in [0.15, 0.2) is 10.8 Å². The van der Waals surface area contributed by atoms with Crippen LogP contribution >= 0.6 is 11.3 Å². The maximum Gasteiger partial charge on any atom is 0.258 e. The molecule has 0 fully saturated rings. The molecule has 9 heteroatoms. The summed E-state index contributed by atoms with van der Waals surface area (Å²) in [5.74, 6) is -0.395. The van der Waals surface area contributed by atoms with E-state index in [0.717, 1.165) is 27.9 Å². The lowest BCUT2D eigenvalue weighted by Gasteiger charge is -2.08. The van der Waals surface area contributed by atoms with Crippen LogP contribution in [0.25, 0.3) is 33.5 Å². The molecule has 0 saturated carbocycles. The third-order valence-corrected chi connectivity index (χ3v) is 6.27. The summed E-state index contributed by atoms with van der Waals surface area (Å²) < 4.78 is 1.69. The molecule has 5 aromatic rings. The molecule has 0 atom stereocenters. The molecule has 0 unspecified atom stereocenters. The highest BCUT2D eigenvalue weighted by Crippen LogP contribution is 2.29. The Morgan fingerprint density at radius 1 is 0.914 bits per heavy atom. The van der Waals surface area contributed by atoms with Gasteiger partial charge in [-0.25, -0.2) is 9.97 Å². The van der Waals surface area contributed by atoms with Crippen molar-refractivity contribution in [3.63, 3.8) is 0 Å². The SMILES string of the molecule is CC(=O)Nc1ccc(-c2csc(NC(=O)c3cc(-c4ccccc4)nc4c3c(C)nn4C)n2)cc1. The molecule has 0 aliphatic heterocycles. The second-order valence-corrected chi connectivity index (χ2v) is 8.94. The number of carbonyl (C=O) groups excluding carboxylic acids is 2. The van der Waals surface area contributed by atoms with E-state index in [1.165, 1.54) is 18.3 Å². The number of nitrogens with one attached hydrogen (secondary N) is 2. The molecule has 5 rings (SSSR count). The van der Waals surface area contributed by atoms with E-state index in [0.29, 0.717) is 27.7 Å². The fourth-order valence-corrected chi connectivity index (χ4v) is 4.65. The topological polar surface area (TPSA) is 102 Å². The lowest BCUT2D eigenvalue weighted by atomic mass is 10.1. The zero-order chi connectivity index (χ0) is 24.5. The summed E-state index contributed by atoms with van der Waals surface area (Å²) in [6.07, 6.45) is 0. The van der Waals surface area contributed by atoms with Gasteiger partial charge in [-0.15, -0.1) is 11.3 Å². The van der Waals surface area contributed by atoms with Crippen LogP contribution in [0.3, 0.4) is 0 Å². The molecule has 3 aromatic heterocycles. The van der Waals surface area contributed by atoms with Gasteiger partial charge in [0.05, 0.1) is 28.0 Å². The molecule has 3 heterocycles. The molecule has 35 heavy (non-hydrogen) atoms. The maximum absolute atomic E-state index is 13.4. The Labute approximate surface area is 205 Å². The highest BCUT2D eigenvalue weighted by molar-refractivity contribution is 7.14. The maximum atomic E-state index is 13.4. The Morgan fingerprint density at radius 3 is 2.34 bits per heavy atom. The third kappa shape index (κ3) is 4.53. The first-order valence-electron chi connectivity index (χ1n) is 10.9. The average Bonchev–Trinajstić information content (AvgIpc) is 3.43. The summed E-state index contributed by atoms with van der Waals surface area (Å²) in [7, 11) is 1.82. The van der Waals surface area contributed by atoms with Gasteiger partial charge in [-0.05, 0) is 25.1 Å². The molecule has 0 bridgehead atoms. The molecule has 2 N–H and O–H groups in total. The summed E-state index contributed by atoms with van der Waals surface area (Å²) in [6.45, 7) is 3.34. The van der Waals surface area contributed by atoms with Crippen LogP contribution in [0.5, 0.6) is 0 Å². The van der Waals surface area contributed by atoms with Crippen molar-refractivity contribution >= 4 is 45.0 Å². The number of benzene rings is 2. The van der Waals surface area contributed by atoms with Crippen LogP contribution in [0.1, 0.15) is 23.0 Å². The van der Waals surface area contributed by atoms with Gasteiger partial charge in [0.25, 0.3) is 5.91 Å². The standard InChI is InChI=1S/C26H22N6O2S/c1-15-23-20(13-21(17-7-5-4-6-8-17)28-24(23)32(3)31-15)25(34)30-26-29-22(14-35-26)18-9-11-19(12-10-18)27-16(2)33/h4-14H,1-3H3,(H,27,33)(H,29,30,34). The average molecular weight is 483 g/mol. The van der Waals surface area contributed by atoms with Gasteiger partial charge in [-0.3, -0.25) is 19.6 Å². The summed E-state index contributed by atoms with van der Waals surface area (Å²) in [5, 5.41) is 13.3. The number of pyridine rings is 1. The van der Waals surface area contributed by atoms with Gasteiger partial charge in [0, 0.05) is 36.2 Å². The lowest BCUT2D eigenvalue weighted by Crippen LogP contribution is -2.13. The number of anilines is 2. The highest BCUT2D eigenvalue weighted by Gasteiger charge is 2.20. The first-order valence-corrected chi connectivity index (χ1v) is 11.8. The molecule has 8 nitrogen and oxygen atoms in total. The first kappa shape index (κ1) is 22.4. The second kappa shape index (κ2) is 9.11. The largest absolute Gasteiger partial charge is 0.326 e. The van der Waals surface area contributed by atoms with Crippen LogP contribution in [0, 0.1) is 6.92 Å².